The summed E-state index contributed by atoms with van der Waals surface area (Å²) in [6.07, 6.45) is 2.82. The first-order valence-corrected chi connectivity index (χ1v) is 6.85. The van der Waals surface area contributed by atoms with Gasteiger partial charge >= 0.3 is 0 Å². The highest BCUT2D eigenvalue weighted by Gasteiger charge is 2.29. The number of nitrogens with zero attached hydrogens (tertiary/aromatic N) is 1. The third kappa shape index (κ3) is 2.70. The number of amides is 1. The molecule has 2 atom stereocenters. The largest absolute Gasteiger partial charge is 0.360 e. The number of thioether (sulfide) groups is 1. The minimum absolute atomic E-state index is 0.119. The van der Waals surface area contributed by atoms with Crippen molar-refractivity contribution in [2.45, 2.75) is 44.7 Å². The predicted octanol–water partition coefficient (Wildman–Crippen LogP) is 1.13. The van der Waals surface area contributed by atoms with Gasteiger partial charge in [-0.3, -0.25) is 9.79 Å². The van der Waals surface area contributed by atoms with Crippen LogP contribution in [0.3, 0.4) is 0 Å². The maximum Gasteiger partial charge on any atom is 0.222 e. The molecule has 2 fully saturated rings. The molecule has 0 aromatic carbocycles. The molecule has 0 aliphatic carbocycles. The Morgan fingerprint density at radius 1 is 1.62 bits per heavy atom. The zero-order valence-electron chi connectivity index (χ0n) is 9.88. The monoisotopic (exact) mass is 241 g/mol. The minimum Gasteiger partial charge on any atom is -0.360 e. The van der Waals surface area contributed by atoms with E-state index in [9.17, 15) is 4.79 Å². The van der Waals surface area contributed by atoms with Gasteiger partial charge in [-0.05, 0) is 19.8 Å². The molecule has 2 N–H and O–H groups in total. The van der Waals surface area contributed by atoms with Crippen molar-refractivity contribution in [3.63, 3.8) is 0 Å². The molecule has 0 aromatic heterocycles. The highest BCUT2D eigenvalue weighted by atomic mass is 32.2. The normalized spacial score (nSPS) is 37.2. The number of carbonyl (C=O) groups excluding carboxylic acids is 1. The predicted molar refractivity (Wildman–Crippen MR) is 67.8 cm³/mol. The van der Waals surface area contributed by atoms with Crippen molar-refractivity contribution in [2.75, 3.05) is 12.3 Å². The minimum atomic E-state index is 0.119. The van der Waals surface area contributed by atoms with Gasteiger partial charge < -0.3 is 10.6 Å². The molecule has 0 radical (unpaired) electrons. The fraction of sp³-hybridized carbons (Fsp3) is 0.818. The zero-order valence-corrected chi connectivity index (χ0v) is 10.7. The number of hydrogen-bond donors (Lipinski definition) is 2. The van der Waals surface area contributed by atoms with Crippen LogP contribution in [0.15, 0.2) is 4.99 Å². The molecule has 0 saturated carbocycles. The van der Waals surface area contributed by atoms with Crippen LogP contribution in [0.5, 0.6) is 0 Å². The molecule has 2 unspecified atom stereocenters. The Bertz CT molecular complexity index is 318. The Kier molecular flexibility index (Phi) is 3.42. The zero-order chi connectivity index (χ0) is 11.6. The average Bonchev–Trinajstić information content (AvgIpc) is 2.64. The Labute approximate surface area is 101 Å². The highest BCUT2D eigenvalue weighted by molar-refractivity contribution is 8.13. The van der Waals surface area contributed by atoms with Crippen molar-refractivity contribution < 1.29 is 4.79 Å². The molecule has 2 heterocycles. The quantitative estimate of drug-likeness (QED) is 0.762. The molecule has 90 valence electrons. The summed E-state index contributed by atoms with van der Waals surface area (Å²) in [5.41, 5.74) is 0.181. The molecule has 4 nitrogen and oxygen atoms in total. The van der Waals surface area contributed by atoms with E-state index in [0.717, 1.165) is 17.3 Å². The van der Waals surface area contributed by atoms with Crippen molar-refractivity contribution >= 4 is 22.8 Å². The molecular formula is C11H19N3OS. The van der Waals surface area contributed by atoms with Gasteiger partial charge in [0.1, 0.15) is 0 Å². The van der Waals surface area contributed by atoms with Crippen LogP contribution in [0.2, 0.25) is 0 Å². The number of hydrogen-bond acceptors (Lipinski definition) is 3. The SMILES string of the molecule is CCC1(C)CCSC(=NC2CNC(=O)C2)N1. The number of rotatable bonds is 2. The Morgan fingerprint density at radius 2 is 2.44 bits per heavy atom. The standard InChI is InChI=1S/C11H19N3OS/c1-3-11(2)4-5-16-10(14-11)13-8-6-9(15)12-7-8/h8H,3-7H2,1-2H3,(H,12,15)(H,13,14). The molecule has 2 aliphatic rings. The molecule has 2 rings (SSSR count). The molecule has 0 aromatic rings. The van der Waals surface area contributed by atoms with Gasteiger partial charge in [-0.1, -0.05) is 18.7 Å². The fourth-order valence-corrected chi connectivity index (χ4v) is 3.20. The summed E-state index contributed by atoms with van der Waals surface area (Å²) in [5.74, 6) is 1.23. The molecular weight excluding hydrogens is 222 g/mol. The Morgan fingerprint density at radius 3 is 3.06 bits per heavy atom. The van der Waals surface area contributed by atoms with Gasteiger partial charge in [0.05, 0.1) is 12.5 Å². The van der Waals surface area contributed by atoms with Gasteiger partial charge in [0, 0.05) is 17.8 Å². The fourth-order valence-electron chi connectivity index (χ4n) is 1.91. The van der Waals surface area contributed by atoms with E-state index >= 15 is 0 Å². The summed E-state index contributed by atoms with van der Waals surface area (Å²) in [6.45, 7) is 5.12. The van der Waals surface area contributed by atoms with Gasteiger partial charge in [0.15, 0.2) is 5.17 Å². The van der Waals surface area contributed by atoms with Crippen molar-refractivity contribution in [3.8, 4) is 0 Å². The highest BCUT2D eigenvalue weighted by Crippen LogP contribution is 2.25. The van der Waals surface area contributed by atoms with E-state index in [1.165, 1.54) is 6.42 Å². The molecule has 5 heteroatoms. The smallest absolute Gasteiger partial charge is 0.222 e. The van der Waals surface area contributed by atoms with Gasteiger partial charge in [0.25, 0.3) is 0 Å². The van der Waals surface area contributed by atoms with E-state index in [1.54, 1.807) is 11.8 Å². The second-order valence-electron chi connectivity index (χ2n) is 4.73. The van der Waals surface area contributed by atoms with Crippen LogP contribution in [-0.2, 0) is 4.79 Å². The lowest BCUT2D eigenvalue weighted by atomic mass is 9.96. The molecule has 16 heavy (non-hydrogen) atoms. The number of aliphatic imine (C=N–C) groups is 1. The average molecular weight is 241 g/mol. The third-order valence-corrected chi connectivity index (χ3v) is 4.23. The van der Waals surface area contributed by atoms with Gasteiger partial charge in [-0.25, -0.2) is 0 Å². The van der Waals surface area contributed by atoms with Gasteiger partial charge in [-0.2, -0.15) is 0 Å². The van der Waals surface area contributed by atoms with Crippen molar-refractivity contribution in [3.05, 3.63) is 0 Å². The van der Waals surface area contributed by atoms with Crippen molar-refractivity contribution in [1.82, 2.24) is 10.6 Å². The molecule has 0 bridgehead atoms. The molecule has 1 amide bonds. The lowest BCUT2D eigenvalue weighted by molar-refractivity contribution is -0.119. The molecule has 2 aliphatic heterocycles. The number of carbonyl (C=O) groups is 1. The van der Waals surface area contributed by atoms with E-state index in [1.807, 2.05) is 0 Å². The van der Waals surface area contributed by atoms with Crippen LogP contribution in [0, 0.1) is 0 Å². The topological polar surface area (TPSA) is 53.5 Å². The molecule has 2 saturated heterocycles. The van der Waals surface area contributed by atoms with Crippen LogP contribution < -0.4 is 10.6 Å². The summed E-state index contributed by atoms with van der Waals surface area (Å²) < 4.78 is 0. The van der Waals surface area contributed by atoms with E-state index in [0.29, 0.717) is 13.0 Å². The first-order chi connectivity index (χ1) is 7.61. The van der Waals surface area contributed by atoms with Crippen LogP contribution in [-0.4, -0.2) is 35.0 Å². The first kappa shape index (κ1) is 11.8. The van der Waals surface area contributed by atoms with E-state index in [-0.39, 0.29) is 17.5 Å². The number of nitrogens with one attached hydrogen (secondary N) is 2. The van der Waals surface area contributed by atoms with Crippen LogP contribution >= 0.6 is 11.8 Å². The summed E-state index contributed by atoms with van der Waals surface area (Å²) in [6, 6.07) is 0.127. The summed E-state index contributed by atoms with van der Waals surface area (Å²) in [5, 5.41) is 7.32. The molecule has 0 spiro atoms. The maximum atomic E-state index is 11.1. The van der Waals surface area contributed by atoms with E-state index in [2.05, 4.69) is 29.5 Å². The summed E-state index contributed by atoms with van der Waals surface area (Å²) in [4.78, 5) is 15.7. The maximum absolute atomic E-state index is 11.1. The van der Waals surface area contributed by atoms with Crippen molar-refractivity contribution in [2.24, 2.45) is 4.99 Å². The van der Waals surface area contributed by atoms with Crippen molar-refractivity contribution in [1.29, 1.82) is 0 Å². The third-order valence-electron chi connectivity index (χ3n) is 3.34. The van der Waals surface area contributed by atoms with Crippen LogP contribution in [0.4, 0.5) is 0 Å². The van der Waals surface area contributed by atoms with Crippen LogP contribution in [0.1, 0.15) is 33.1 Å². The van der Waals surface area contributed by atoms with E-state index in [4.69, 9.17) is 0 Å². The first-order valence-electron chi connectivity index (χ1n) is 5.87. The van der Waals surface area contributed by atoms with Gasteiger partial charge in [-0.15, -0.1) is 0 Å². The van der Waals surface area contributed by atoms with Crippen LogP contribution in [0.25, 0.3) is 0 Å². The second-order valence-corrected chi connectivity index (χ2v) is 5.82. The lowest BCUT2D eigenvalue weighted by Crippen LogP contribution is -2.48. The van der Waals surface area contributed by atoms with Gasteiger partial charge in [0.2, 0.25) is 5.91 Å². The summed E-state index contributed by atoms with van der Waals surface area (Å²) >= 11 is 1.77. The number of amidine groups is 1. The second kappa shape index (κ2) is 4.65. The van der Waals surface area contributed by atoms with E-state index < -0.39 is 0 Å². The summed E-state index contributed by atoms with van der Waals surface area (Å²) in [7, 11) is 0. The Balaban J connectivity index is 1.98. The lowest BCUT2D eigenvalue weighted by Gasteiger charge is -2.35. The Hall–Kier alpha value is -0.710.